The lowest BCUT2D eigenvalue weighted by Crippen LogP contribution is -2.35. The van der Waals surface area contributed by atoms with E-state index in [0.717, 1.165) is 55.6 Å². The number of halogens is 1. The quantitative estimate of drug-likeness (QED) is 0.563. The van der Waals surface area contributed by atoms with Crippen LogP contribution in [0.25, 0.3) is 0 Å². The minimum atomic E-state index is -0.268. The maximum Gasteiger partial charge on any atom is 0.223 e. The van der Waals surface area contributed by atoms with Crippen LogP contribution in [0.2, 0.25) is 0 Å². The number of hydrogen-bond acceptors (Lipinski definition) is 5. The number of ether oxygens (including phenoxy) is 2. The van der Waals surface area contributed by atoms with Crippen molar-refractivity contribution in [2.24, 2.45) is 5.92 Å². The standard InChI is InChI=1S/C26H27FN2O4/c27-23-4-2-1-3-22(23)25-11-7-18-15-20(10-12-24(18)32-25)31-19-8-5-17(6-9-19)26(30)28-16-21-13-14-29-33-21/h1-4,10,12-15,17,19,25H,5-9,11,16H2,(H,28,30). The van der Waals surface area contributed by atoms with E-state index in [4.69, 9.17) is 14.0 Å². The molecule has 1 aliphatic heterocycles. The molecule has 0 spiro atoms. The van der Waals surface area contributed by atoms with Crippen molar-refractivity contribution in [3.63, 3.8) is 0 Å². The van der Waals surface area contributed by atoms with Crippen LogP contribution in [0, 0.1) is 11.7 Å². The van der Waals surface area contributed by atoms with Gasteiger partial charge in [0.05, 0.1) is 18.8 Å². The number of aromatic nitrogens is 1. The van der Waals surface area contributed by atoms with Crippen LogP contribution in [0.1, 0.15) is 55.1 Å². The van der Waals surface area contributed by atoms with E-state index in [0.29, 0.717) is 17.9 Å². The summed E-state index contributed by atoms with van der Waals surface area (Å²) in [4.78, 5) is 12.4. The van der Waals surface area contributed by atoms with E-state index in [-0.39, 0.29) is 29.9 Å². The average Bonchev–Trinajstić information content (AvgIpc) is 3.37. The number of nitrogens with one attached hydrogen (secondary N) is 1. The molecule has 5 rings (SSSR count). The molecule has 1 fully saturated rings. The molecule has 0 radical (unpaired) electrons. The molecule has 1 aromatic heterocycles. The van der Waals surface area contributed by atoms with Crippen LogP contribution in [0.4, 0.5) is 4.39 Å². The largest absolute Gasteiger partial charge is 0.490 e. The summed E-state index contributed by atoms with van der Waals surface area (Å²) in [6, 6.07) is 14.4. The lowest BCUT2D eigenvalue weighted by molar-refractivity contribution is -0.126. The first-order chi connectivity index (χ1) is 16.2. The molecule has 2 heterocycles. The first kappa shape index (κ1) is 21.5. The molecule has 0 bridgehead atoms. The van der Waals surface area contributed by atoms with Crippen LogP contribution in [0.5, 0.6) is 11.5 Å². The van der Waals surface area contributed by atoms with Crippen molar-refractivity contribution in [3.8, 4) is 11.5 Å². The van der Waals surface area contributed by atoms with Gasteiger partial charge >= 0.3 is 0 Å². The first-order valence-electron chi connectivity index (χ1n) is 11.5. The summed E-state index contributed by atoms with van der Waals surface area (Å²) in [5.41, 5.74) is 1.69. The SMILES string of the molecule is O=C(NCc1ccno1)C1CCC(Oc2ccc3c(c2)CCC(c2ccccc2F)O3)CC1. The summed E-state index contributed by atoms with van der Waals surface area (Å²) in [5, 5.41) is 6.57. The fraction of sp³-hybridized carbons (Fsp3) is 0.385. The summed E-state index contributed by atoms with van der Waals surface area (Å²) in [6.45, 7) is 0.365. The number of amides is 1. The lowest BCUT2D eigenvalue weighted by atomic mass is 9.86. The van der Waals surface area contributed by atoms with Crippen molar-refractivity contribution < 1.29 is 23.2 Å². The Morgan fingerprint density at radius 1 is 1.09 bits per heavy atom. The van der Waals surface area contributed by atoms with E-state index in [1.54, 1.807) is 24.4 Å². The Kier molecular flexibility index (Phi) is 6.28. The fourth-order valence-corrected chi connectivity index (χ4v) is 4.68. The van der Waals surface area contributed by atoms with E-state index in [1.807, 2.05) is 24.3 Å². The molecule has 1 saturated carbocycles. The average molecular weight is 451 g/mol. The Morgan fingerprint density at radius 3 is 2.73 bits per heavy atom. The molecule has 6 nitrogen and oxygen atoms in total. The number of hydrogen-bond donors (Lipinski definition) is 1. The van der Waals surface area contributed by atoms with Crippen LogP contribution >= 0.6 is 0 Å². The van der Waals surface area contributed by atoms with E-state index in [2.05, 4.69) is 10.5 Å². The summed E-state index contributed by atoms with van der Waals surface area (Å²) >= 11 is 0. The van der Waals surface area contributed by atoms with E-state index in [1.165, 1.54) is 6.07 Å². The molecule has 0 saturated heterocycles. The number of fused-ring (bicyclic) bond motifs is 1. The van der Waals surface area contributed by atoms with Gasteiger partial charge in [-0.1, -0.05) is 23.4 Å². The molecule has 1 aliphatic carbocycles. The van der Waals surface area contributed by atoms with Gasteiger partial charge in [0.1, 0.15) is 23.4 Å². The van der Waals surface area contributed by atoms with Crippen molar-refractivity contribution in [3.05, 3.63) is 77.4 Å². The summed E-state index contributed by atoms with van der Waals surface area (Å²) < 4.78 is 31.5. The third-order valence-corrected chi connectivity index (χ3v) is 6.50. The monoisotopic (exact) mass is 450 g/mol. The molecular formula is C26H27FN2O4. The highest BCUT2D eigenvalue weighted by atomic mass is 19.1. The minimum absolute atomic E-state index is 0.0000184. The number of carbonyl (C=O) groups is 1. The second-order valence-electron chi connectivity index (χ2n) is 8.72. The maximum absolute atomic E-state index is 14.1. The highest BCUT2D eigenvalue weighted by Crippen LogP contribution is 2.38. The van der Waals surface area contributed by atoms with E-state index < -0.39 is 0 Å². The topological polar surface area (TPSA) is 73.6 Å². The number of benzene rings is 2. The number of rotatable bonds is 6. The number of aryl methyl sites for hydroxylation is 1. The second kappa shape index (κ2) is 9.65. The maximum atomic E-state index is 14.1. The molecule has 1 unspecified atom stereocenters. The number of carbonyl (C=O) groups excluding carboxylic acids is 1. The zero-order valence-corrected chi connectivity index (χ0v) is 18.3. The van der Waals surface area contributed by atoms with Gasteiger partial charge in [-0.3, -0.25) is 4.79 Å². The van der Waals surface area contributed by atoms with Crippen molar-refractivity contribution >= 4 is 5.91 Å². The second-order valence-corrected chi connectivity index (χ2v) is 8.72. The summed E-state index contributed by atoms with van der Waals surface area (Å²) in [5.74, 6) is 2.08. The fourth-order valence-electron chi connectivity index (χ4n) is 4.68. The van der Waals surface area contributed by atoms with Crippen LogP contribution in [-0.2, 0) is 17.8 Å². The smallest absolute Gasteiger partial charge is 0.223 e. The molecule has 3 aromatic rings. The molecule has 2 aliphatic rings. The van der Waals surface area contributed by atoms with Crippen molar-refractivity contribution in [1.29, 1.82) is 0 Å². The Morgan fingerprint density at radius 2 is 1.94 bits per heavy atom. The molecule has 1 N–H and O–H groups in total. The van der Waals surface area contributed by atoms with Gasteiger partial charge in [0, 0.05) is 17.5 Å². The van der Waals surface area contributed by atoms with Gasteiger partial charge in [0.15, 0.2) is 5.76 Å². The van der Waals surface area contributed by atoms with Crippen molar-refractivity contribution in [1.82, 2.24) is 10.5 Å². The van der Waals surface area contributed by atoms with E-state index in [9.17, 15) is 9.18 Å². The molecule has 172 valence electrons. The molecular weight excluding hydrogens is 423 g/mol. The van der Waals surface area contributed by atoms with Crippen molar-refractivity contribution in [2.75, 3.05) is 0 Å². The van der Waals surface area contributed by atoms with Crippen LogP contribution < -0.4 is 14.8 Å². The van der Waals surface area contributed by atoms with Gasteiger partial charge in [-0.05, 0) is 68.4 Å². The minimum Gasteiger partial charge on any atom is -0.490 e. The van der Waals surface area contributed by atoms with Gasteiger partial charge in [-0.25, -0.2) is 4.39 Å². The molecule has 2 aromatic carbocycles. The van der Waals surface area contributed by atoms with Gasteiger partial charge in [-0.2, -0.15) is 0 Å². The Hall–Kier alpha value is -3.35. The number of nitrogens with zero attached hydrogens (tertiary/aromatic N) is 1. The third kappa shape index (κ3) is 5.02. The van der Waals surface area contributed by atoms with Gasteiger partial charge in [0.25, 0.3) is 0 Å². The predicted molar refractivity (Wildman–Crippen MR) is 119 cm³/mol. The third-order valence-electron chi connectivity index (χ3n) is 6.50. The zero-order chi connectivity index (χ0) is 22.6. The molecule has 7 heteroatoms. The predicted octanol–water partition coefficient (Wildman–Crippen LogP) is 5.13. The lowest BCUT2D eigenvalue weighted by Gasteiger charge is -2.30. The van der Waals surface area contributed by atoms with Gasteiger partial charge < -0.3 is 19.3 Å². The Bertz CT molecular complexity index is 1090. The highest BCUT2D eigenvalue weighted by molar-refractivity contribution is 5.78. The normalized spacial score (nSPS) is 22.2. The Labute approximate surface area is 192 Å². The first-order valence-corrected chi connectivity index (χ1v) is 11.5. The summed E-state index contributed by atoms with van der Waals surface area (Å²) in [6.07, 6.45) is 6.20. The molecule has 1 atom stereocenters. The van der Waals surface area contributed by atoms with Gasteiger partial charge in [-0.15, -0.1) is 0 Å². The molecule has 1 amide bonds. The Balaban J connectivity index is 1.13. The summed E-state index contributed by atoms with van der Waals surface area (Å²) in [7, 11) is 0. The van der Waals surface area contributed by atoms with Crippen LogP contribution in [0.15, 0.2) is 59.3 Å². The molecule has 33 heavy (non-hydrogen) atoms. The zero-order valence-electron chi connectivity index (χ0n) is 18.3. The van der Waals surface area contributed by atoms with Crippen LogP contribution in [0.3, 0.4) is 0 Å². The highest BCUT2D eigenvalue weighted by Gasteiger charge is 2.28. The van der Waals surface area contributed by atoms with E-state index >= 15 is 0 Å². The van der Waals surface area contributed by atoms with Crippen molar-refractivity contribution in [2.45, 2.75) is 57.3 Å². The van der Waals surface area contributed by atoms with Crippen LogP contribution in [-0.4, -0.2) is 17.2 Å². The van der Waals surface area contributed by atoms with Gasteiger partial charge in [0.2, 0.25) is 5.91 Å².